The summed E-state index contributed by atoms with van der Waals surface area (Å²) in [6.45, 7) is 1.61. The van der Waals surface area contributed by atoms with Gasteiger partial charge in [0.1, 0.15) is 5.75 Å². The number of rotatable bonds is 3. The fraction of sp³-hybridized carbons (Fsp3) is 0.212. The number of fused-ring (bicyclic) bond motifs is 4. The molecule has 9 heteroatoms. The van der Waals surface area contributed by atoms with Gasteiger partial charge in [0.2, 0.25) is 11.8 Å². The molecule has 1 aliphatic heterocycles. The number of anilines is 1. The van der Waals surface area contributed by atoms with E-state index >= 15 is 0 Å². The third-order valence-corrected chi connectivity index (χ3v) is 9.23. The highest BCUT2D eigenvalue weighted by Gasteiger charge is 2.57. The Morgan fingerprint density at radius 1 is 0.905 bits per heavy atom. The van der Waals surface area contributed by atoms with Crippen molar-refractivity contribution in [1.82, 2.24) is 0 Å². The zero-order chi connectivity index (χ0) is 29.4. The molecule has 1 saturated heterocycles. The van der Waals surface area contributed by atoms with Crippen molar-refractivity contribution in [1.29, 1.82) is 0 Å². The molecule has 1 fully saturated rings. The molecule has 3 aliphatic carbocycles. The molecule has 0 bridgehead atoms. The van der Waals surface area contributed by atoms with E-state index in [1.807, 2.05) is 30.3 Å². The van der Waals surface area contributed by atoms with Crippen molar-refractivity contribution in [2.45, 2.75) is 25.7 Å². The largest absolute Gasteiger partial charge is 0.508 e. The van der Waals surface area contributed by atoms with E-state index in [1.54, 1.807) is 31.2 Å². The van der Waals surface area contributed by atoms with Gasteiger partial charge in [0.25, 0.3) is 0 Å². The van der Waals surface area contributed by atoms with E-state index in [4.69, 9.17) is 0 Å². The average Bonchev–Trinajstić information content (AvgIpc) is 3.24. The van der Waals surface area contributed by atoms with Crippen LogP contribution in [0.2, 0.25) is 0 Å². The number of aromatic hydroxyl groups is 1. The molecular weight excluding hydrogens is 533 g/mol. The summed E-state index contributed by atoms with van der Waals surface area (Å²) < 4.78 is 0. The van der Waals surface area contributed by atoms with E-state index in [0.717, 1.165) is 21.2 Å². The van der Waals surface area contributed by atoms with Crippen LogP contribution in [-0.4, -0.2) is 45.7 Å². The SMILES string of the molecule is CC1=CC(=O)C2=C(C1=O)C(c1c(O)ccc3ccccc13)C1=CCC3C(=O)N(c4cccc(B(O)O)c4)C(=O)C3C1C2. The number of ketones is 2. The van der Waals surface area contributed by atoms with Crippen LogP contribution in [0, 0.1) is 17.8 Å². The minimum atomic E-state index is -1.77. The summed E-state index contributed by atoms with van der Waals surface area (Å²) in [7, 11) is -1.77. The molecule has 4 atom stereocenters. The second kappa shape index (κ2) is 9.47. The Bertz CT molecular complexity index is 1850. The standard InChI is InChI=1S/C33H26BNO7/c1-16-13-26(37)24-15-23-21(29(30(24)31(16)38)28-20-8-3-2-5-17(20)9-12-25(28)36)10-11-22-27(23)33(40)35(32(22)39)19-7-4-6-18(14-19)34(41)42/h2-10,12-14,22-23,27,29,36,41-42H,11,15H2,1H3. The van der Waals surface area contributed by atoms with Gasteiger partial charge in [-0.05, 0) is 66.2 Å². The molecule has 3 aromatic carbocycles. The minimum absolute atomic E-state index is 0.0171. The maximum absolute atomic E-state index is 14.1. The van der Waals surface area contributed by atoms with Crippen molar-refractivity contribution in [3.8, 4) is 5.75 Å². The first-order valence-corrected chi connectivity index (χ1v) is 13.9. The Balaban J connectivity index is 1.40. The van der Waals surface area contributed by atoms with Gasteiger partial charge >= 0.3 is 7.12 Å². The van der Waals surface area contributed by atoms with Gasteiger partial charge in [-0.25, -0.2) is 0 Å². The summed E-state index contributed by atoms with van der Waals surface area (Å²) >= 11 is 0. The molecule has 0 spiro atoms. The van der Waals surface area contributed by atoms with E-state index in [9.17, 15) is 34.3 Å². The van der Waals surface area contributed by atoms with E-state index < -0.39 is 42.6 Å². The normalized spacial score (nSPS) is 25.3. The molecule has 208 valence electrons. The zero-order valence-electron chi connectivity index (χ0n) is 22.7. The Hall–Kier alpha value is -4.60. The predicted octanol–water partition coefficient (Wildman–Crippen LogP) is 2.86. The molecule has 4 aliphatic rings. The van der Waals surface area contributed by atoms with Crippen LogP contribution >= 0.6 is 0 Å². The highest BCUT2D eigenvalue weighted by atomic mass is 16.4. The van der Waals surface area contributed by atoms with Crippen LogP contribution in [-0.2, 0) is 19.2 Å². The Kier molecular flexibility index (Phi) is 5.94. The van der Waals surface area contributed by atoms with Gasteiger partial charge in [0.05, 0.1) is 17.5 Å². The smallest absolute Gasteiger partial charge is 0.488 e. The molecule has 42 heavy (non-hydrogen) atoms. The topological polar surface area (TPSA) is 132 Å². The lowest BCUT2D eigenvalue weighted by atomic mass is 9.59. The van der Waals surface area contributed by atoms with Gasteiger partial charge < -0.3 is 15.2 Å². The number of amides is 2. The Morgan fingerprint density at radius 3 is 2.48 bits per heavy atom. The van der Waals surface area contributed by atoms with E-state index in [0.29, 0.717) is 22.3 Å². The quantitative estimate of drug-likeness (QED) is 0.195. The van der Waals surface area contributed by atoms with E-state index in [2.05, 4.69) is 0 Å². The number of carbonyl (C=O) groups excluding carboxylic acids is 4. The molecular formula is C33H26BNO7. The van der Waals surface area contributed by atoms with Crippen molar-refractivity contribution in [3.63, 3.8) is 0 Å². The number of hydrogen-bond donors (Lipinski definition) is 3. The number of hydrogen-bond acceptors (Lipinski definition) is 7. The summed E-state index contributed by atoms with van der Waals surface area (Å²) in [6.07, 6.45) is 3.62. The molecule has 8 nitrogen and oxygen atoms in total. The fourth-order valence-electron chi connectivity index (χ4n) is 7.36. The Morgan fingerprint density at radius 2 is 1.69 bits per heavy atom. The lowest BCUT2D eigenvalue weighted by Crippen LogP contribution is -2.40. The minimum Gasteiger partial charge on any atom is -0.508 e. The number of benzene rings is 3. The number of allylic oxidation sites excluding steroid dienone is 6. The predicted molar refractivity (Wildman–Crippen MR) is 156 cm³/mol. The number of nitrogens with zero attached hydrogens (tertiary/aromatic N) is 1. The number of Topliss-reactive ketones (excluding diaryl/α,β-unsaturated/α-hetero) is 1. The van der Waals surface area contributed by atoms with Gasteiger partial charge in [0.15, 0.2) is 11.6 Å². The Labute approximate surface area is 241 Å². The summed E-state index contributed by atoms with van der Waals surface area (Å²) in [5.41, 5.74) is 2.60. The third kappa shape index (κ3) is 3.70. The van der Waals surface area contributed by atoms with Crippen LogP contribution < -0.4 is 10.4 Å². The highest BCUT2D eigenvalue weighted by molar-refractivity contribution is 6.58. The number of carbonyl (C=O) groups is 4. The second-order valence-electron chi connectivity index (χ2n) is 11.4. The van der Waals surface area contributed by atoms with Crippen molar-refractivity contribution < 1.29 is 34.3 Å². The van der Waals surface area contributed by atoms with Crippen molar-refractivity contribution >= 4 is 52.4 Å². The molecule has 1 heterocycles. The summed E-state index contributed by atoms with van der Waals surface area (Å²) in [4.78, 5) is 56.0. The molecule has 0 radical (unpaired) electrons. The molecule has 7 rings (SSSR count). The van der Waals surface area contributed by atoms with Crippen molar-refractivity contribution in [3.05, 3.63) is 101 Å². The van der Waals surface area contributed by atoms with Crippen molar-refractivity contribution in [2.75, 3.05) is 4.90 Å². The lowest BCUT2D eigenvalue weighted by Gasteiger charge is -2.42. The first-order valence-electron chi connectivity index (χ1n) is 13.9. The molecule has 3 N–H and O–H groups in total. The van der Waals surface area contributed by atoms with Gasteiger partial charge in [0, 0.05) is 28.2 Å². The molecule has 0 aromatic heterocycles. The van der Waals surface area contributed by atoms with Crippen LogP contribution in [0.3, 0.4) is 0 Å². The number of phenolic OH excluding ortho intramolecular Hbond substituents is 1. The summed E-state index contributed by atoms with van der Waals surface area (Å²) in [6, 6.07) is 16.9. The van der Waals surface area contributed by atoms with Gasteiger partial charge in [-0.1, -0.05) is 54.1 Å². The second-order valence-corrected chi connectivity index (χ2v) is 11.4. The molecule has 3 aromatic rings. The van der Waals surface area contributed by atoms with Gasteiger partial charge in [-0.15, -0.1) is 0 Å². The van der Waals surface area contributed by atoms with Crippen LogP contribution in [0.25, 0.3) is 10.8 Å². The van der Waals surface area contributed by atoms with Gasteiger partial charge in [-0.2, -0.15) is 0 Å². The van der Waals surface area contributed by atoms with Crippen LogP contribution in [0.4, 0.5) is 5.69 Å². The molecule has 2 amide bonds. The van der Waals surface area contributed by atoms with E-state index in [-0.39, 0.29) is 41.3 Å². The van der Waals surface area contributed by atoms with Crippen LogP contribution in [0.5, 0.6) is 5.75 Å². The zero-order valence-corrected chi connectivity index (χ0v) is 22.7. The first-order chi connectivity index (χ1) is 20.2. The summed E-state index contributed by atoms with van der Waals surface area (Å²) in [5, 5.41) is 32.2. The van der Waals surface area contributed by atoms with Crippen molar-refractivity contribution in [2.24, 2.45) is 17.8 Å². The van der Waals surface area contributed by atoms with Crippen LogP contribution in [0.1, 0.15) is 31.2 Å². The maximum atomic E-state index is 14.1. The van der Waals surface area contributed by atoms with Gasteiger partial charge in [-0.3, -0.25) is 24.1 Å². The lowest BCUT2D eigenvalue weighted by molar-refractivity contribution is -0.123. The monoisotopic (exact) mass is 559 g/mol. The molecule has 4 unspecified atom stereocenters. The number of imide groups is 1. The highest BCUT2D eigenvalue weighted by Crippen LogP contribution is 2.57. The molecule has 0 saturated carbocycles. The average molecular weight is 559 g/mol. The first kappa shape index (κ1) is 26.3. The number of phenols is 1. The summed E-state index contributed by atoms with van der Waals surface area (Å²) in [5.74, 6) is -4.19. The van der Waals surface area contributed by atoms with Crippen LogP contribution in [0.15, 0.2) is 95.1 Å². The fourth-order valence-corrected chi connectivity index (χ4v) is 7.36. The third-order valence-electron chi connectivity index (χ3n) is 9.23. The van der Waals surface area contributed by atoms with E-state index in [1.165, 1.54) is 18.2 Å². The maximum Gasteiger partial charge on any atom is 0.488 e.